The number of anilines is 1. The van der Waals surface area contributed by atoms with Crippen molar-refractivity contribution >= 4 is 22.2 Å². The molecule has 0 aromatic carbocycles. The molecule has 2 heterocycles. The predicted molar refractivity (Wildman–Crippen MR) is 75.6 cm³/mol. The molecule has 2 aliphatic rings. The molecule has 1 fully saturated rings. The molecule has 0 radical (unpaired) electrons. The van der Waals surface area contributed by atoms with Gasteiger partial charge >= 0.3 is 0 Å². The van der Waals surface area contributed by atoms with E-state index >= 15 is 0 Å². The molecule has 1 aromatic rings. The van der Waals surface area contributed by atoms with Crippen molar-refractivity contribution in [2.24, 2.45) is 10.6 Å². The van der Waals surface area contributed by atoms with Crippen LogP contribution in [-0.4, -0.2) is 42.2 Å². The van der Waals surface area contributed by atoms with E-state index in [1.807, 2.05) is 0 Å². The Morgan fingerprint density at radius 2 is 2.11 bits per heavy atom. The van der Waals surface area contributed by atoms with Gasteiger partial charge in [0.2, 0.25) is 0 Å². The first-order chi connectivity index (χ1) is 9.12. The van der Waals surface area contributed by atoms with Gasteiger partial charge in [0.15, 0.2) is 5.13 Å². The van der Waals surface area contributed by atoms with Gasteiger partial charge < -0.3 is 14.8 Å². The fourth-order valence-electron chi connectivity index (χ4n) is 2.62. The maximum atomic E-state index is 9.33. The van der Waals surface area contributed by atoms with Crippen LogP contribution < -0.4 is 4.90 Å². The Labute approximate surface area is 116 Å². The number of aromatic nitrogens is 1. The average Bonchev–Trinajstić information content (AvgIpc) is 2.83. The van der Waals surface area contributed by atoms with E-state index < -0.39 is 0 Å². The number of hydrogen-bond donors (Lipinski definition) is 1. The number of aryl methyl sites for hydroxylation is 1. The van der Waals surface area contributed by atoms with Gasteiger partial charge in [-0.25, -0.2) is 4.98 Å². The minimum absolute atomic E-state index is 0.0729. The molecule has 5 nitrogen and oxygen atoms in total. The molecule has 0 amide bonds. The maximum absolute atomic E-state index is 9.33. The van der Waals surface area contributed by atoms with Crippen LogP contribution in [0, 0.1) is 5.41 Å². The predicted octanol–water partition coefficient (Wildman–Crippen LogP) is 2.13. The molecular formula is C13H19N3O2S. The van der Waals surface area contributed by atoms with Gasteiger partial charge in [0.05, 0.1) is 23.8 Å². The molecule has 1 N–H and O–H groups in total. The number of ether oxygens (including phenoxy) is 1. The van der Waals surface area contributed by atoms with Crippen molar-refractivity contribution in [2.75, 3.05) is 31.2 Å². The molecular weight excluding hydrogens is 262 g/mol. The van der Waals surface area contributed by atoms with E-state index in [-0.39, 0.29) is 5.41 Å². The summed E-state index contributed by atoms with van der Waals surface area (Å²) < 4.78 is 5.37. The third-order valence-corrected chi connectivity index (χ3v) is 5.08. The molecule has 3 rings (SSSR count). The number of thiazole rings is 1. The first kappa shape index (κ1) is 12.9. The van der Waals surface area contributed by atoms with Crippen molar-refractivity contribution < 1.29 is 9.94 Å². The average molecular weight is 281 g/mol. The molecule has 1 aliphatic heterocycles. The van der Waals surface area contributed by atoms with Gasteiger partial charge in [0, 0.05) is 18.5 Å². The molecule has 1 aromatic heterocycles. The van der Waals surface area contributed by atoms with Crippen LogP contribution in [0.1, 0.15) is 30.8 Å². The second-order valence-electron chi connectivity index (χ2n) is 5.70. The summed E-state index contributed by atoms with van der Waals surface area (Å²) in [6, 6.07) is 0. The Kier molecular flexibility index (Phi) is 3.22. The SMILES string of the molecule is CC1(C)CCc2nc(N3CCOCC3)sc2/C1=N\O. The van der Waals surface area contributed by atoms with Gasteiger partial charge in [-0.3, -0.25) is 0 Å². The third-order valence-electron chi connectivity index (χ3n) is 3.91. The lowest BCUT2D eigenvalue weighted by atomic mass is 9.77. The van der Waals surface area contributed by atoms with E-state index in [0.717, 1.165) is 60.6 Å². The maximum Gasteiger partial charge on any atom is 0.186 e. The minimum atomic E-state index is -0.0729. The molecule has 19 heavy (non-hydrogen) atoms. The summed E-state index contributed by atoms with van der Waals surface area (Å²) in [6.07, 6.45) is 1.94. The number of oxime groups is 1. The van der Waals surface area contributed by atoms with E-state index in [2.05, 4.69) is 23.9 Å². The first-order valence-electron chi connectivity index (χ1n) is 6.67. The van der Waals surface area contributed by atoms with Crippen molar-refractivity contribution in [3.8, 4) is 0 Å². The highest BCUT2D eigenvalue weighted by Gasteiger charge is 2.36. The van der Waals surface area contributed by atoms with Crippen molar-refractivity contribution in [3.05, 3.63) is 10.6 Å². The molecule has 1 aliphatic carbocycles. The Hall–Kier alpha value is -1.14. The zero-order valence-electron chi connectivity index (χ0n) is 11.3. The summed E-state index contributed by atoms with van der Waals surface area (Å²) in [7, 11) is 0. The van der Waals surface area contributed by atoms with E-state index in [4.69, 9.17) is 9.72 Å². The van der Waals surface area contributed by atoms with E-state index in [1.54, 1.807) is 11.3 Å². The lowest BCUT2D eigenvalue weighted by molar-refractivity contribution is 0.122. The molecule has 1 saturated heterocycles. The van der Waals surface area contributed by atoms with Crippen LogP contribution in [0.4, 0.5) is 5.13 Å². The van der Waals surface area contributed by atoms with Crippen LogP contribution >= 0.6 is 11.3 Å². The summed E-state index contributed by atoms with van der Waals surface area (Å²) in [5.41, 5.74) is 1.79. The Morgan fingerprint density at radius 3 is 2.79 bits per heavy atom. The van der Waals surface area contributed by atoms with Crippen molar-refractivity contribution in [2.45, 2.75) is 26.7 Å². The standard InChI is InChI=1S/C13H19N3O2S/c1-13(2)4-3-9-10(11(13)15-17)19-12(14-9)16-5-7-18-8-6-16/h17H,3-8H2,1-2H3/b15-11+. The van der Waals surface area contributed by atoms with Crippen LogP contribution in [-0.2, 0) is 11.2 Å². The number of nitrogens with zero attached hydrogens (tertiary/aromatic N) is 3. The smallest absolute Gasteiger partial charge is 0.186 e. The van der Waals surface area contributed by atoms with E-state index in [1.165, 1.54) is 0 Å². The van der Waals surface area contributed by atoms with Crippen LogP contribution in [0.25, 0.3) is 0 Å². The molecule has 104 valence electrons. The van der Waals surface area contributed by atoms with Crippen LogP contribution in [0.5, 0.6) is 0 Å². The molecule has 0 spiro atoms. The number of hydrogen-bond acceptors (Lipinski definition) is 6. The monoisotopic (exact) mass is 281 g/mol. The quantitative estimate of drug-likeness (QED) is 0.633. The third kappa shape index (κ3) is 2.23. The lowest BCUT2D eigenvalue weighted by Crippen LogP contribution is -2.36. The molecule has 0 bridgehead atoms. The first-order valence-corrected chi connectivity index (χ1v) is 7.49. The normalized spacial score (nSPS) is 24.5. The van der Waals surface area contributed by atoms with Gasteiger partial charge in [0.1, 0.15) is 5.71 Å². The van der Waals surface area contributed by atoms with Crippen molar-refractivity contribution in [3.63, 3.8) is 0 Å². The largest absolute Gasteiger partial charge is 0.411 e. The Bertz CT molecular complexity index is 504. The van der Waals surface area contributed by atoms with Gasteiger partial charge in [-0.05, 0) is 12.8 Å². The van der Waals surface area contributed by atoms with Gasteiger partial charge in [-0.2, -0.15) is 0 Å². The summed E-state index contributed by atoms with van der Waals surface area (Å²) in [5, 5.41) is 13.9. The zero-order valence-corrected chi connectivity index (χ0v) is 12.2. The number of morpholine rings is 1. The highest BCUT2D eigenvalue weighted by atomic mass is 32.1. The highest BCUT2D eigenvalue weighted by molar-refractivity contribution is 7.17. The lowest BCUT2D eigenvalue weighted by Gasteiger charge is -2.28. The molecule has 0 saturated carbocycles. The summed E-state index contributed by atoms with van der Waals surface area (Å²) in [4.78, 5) is 8.05. The molecule has 6 heteroatoms. The van der Waals surface area contributed by atoms with Gasteiger partial charge in [-0.15, -0.1) is 0 Å². The van der Waals surface area contributed by atoms with Crippen LogP contribution in [0.3, 0.4) is 0 Å². The summed E-state index contributed by atoms with van der Waals surface area (Å²) in [6.45, 7) is 7.55. The van der Waals surface area contributed by atoms with Crippen molar-refractivity contribution in [1.82, 2.24) is 4.98 Å². The Morgan fingerprint density at radius 1 is 1.37 bits per heavy atom. The zero-order chi connectivity index (χ0) is 13.5. The minimum Gasteiger partial charge on any atom is -0.411 e. The molecule has 0 atom stereocenters. The van der Waals surface area contributed by atoms with E-state index in [0.29, 0.717) is 0 Å². The van der Waals surface area contributed by atoms with Crippen LogP contribution in [0.2, 0.25) is 0 Å². The second-order valence-corrected chi connectivity index (χ2v) is 6.68. The highest BCUT2D eigenvalue weighted by Crippen LogP contribution is 2.40. The topological polar surface area (TPSA) is 58.0 Å². The second kappa shape index (κ2) is 4.76. The summed E-state index contributed by atoms with van der Waals surface area (Å²) >= 11 is 1.65. The van der Waals surface area contributed by atoms with Gasteiger partial charge in [0.25, 0.3) is 0 Å². The molecule has 0 unspecified atom stereocenters. The fourth-order valence-corrected chi connectivity index (χ4v) is 3.95. The van der Waals surface area contributed by atoms with Crippen molar-refractivity contribution in [1.29, 1.82) is 0 Å². The Balaban J connectivity index is 1.94. The number of rotatable bonds is 1. The van der Waals surface area contributed by atoms with Gasteiger partial charge in [-0.1, -0.05) is 30.3 Å². The fraction of sp³-hybridized carbons (Fsp3) is 0.692. The van der Waals surface area contributed by atoms with E-state index in [9.17, 15) is 5.21 Å². The number of fused-ring (bicyclic) bond motifs is 1. The van der Waals surface area contributed by atoms with Crippen LogP contribution in [0.15, 0.2) is 5.16 Å². The summed E-state index contributed by atoms with van der Waals surface area (Å²) in [5.74, 6) is 0.